The highest BCUT2D eigenvalue weighted by Crippen LogP contribution is 2.21. The molecule has 1 amide bonds. The molecule has 2 rings (SSSR count). The van der Waals surface area contributed by atoms with E-state index < -0.39 is 11.7 Å². The maximum absolute atomic E-state index is 11.8. The zero-order valence-corrected chi connectivity index (χ0v) is 14.1. The molecule has 1 aliphatic rings. The second-order valence-electron chi connectivity index (χ2n) is 6.43. The number of alkyl carbamates (subject to hydrolysis) is 1. The molecule has 1 aromatic heterocycles. The van der Waals surface area contributed by atoms with Crippen LogP contribution in [0.1, 0.15) is 40.0 Å². The standard InChI is InChI=1S/C15H23ClN4O2/c1-15(2,3)22-14(21)19-10-12-6-4-5-7-20(12)13-17-8-11(16)9-18-13/h8-9,12H,4-7,10H2,1-3H3,(H,19,21). The quantitative estimate of drug-likeness (QED) is 0.924. The Balaban J connectivity index is 1.95. The van der Waals surface area contributed by atoms with E-state index in [1.807, 2.05) is 20.8 Å². The molecule has 1 N–H and O–H groups in total. The minimum atomic E-state index is -0.490. The van der Waals surface area contributed by atoms with Gasteiger partial charge < -0.3 is 15.0 Å². The molecule has 6 nitrogen and oxygen atoms in total. The first-order valence-corrected chi connectivity index (χ1v) is 7.94. The van der Waals surface area contributed by atoms with E-state index in [0.29, 0.717) is 17.5 Å². The van der Waals surface area contributed by atoms with Crippen LogP contribution in [0.5, 0.6) is 0 Å². The van der Waals surface area contributed by atoms with Gasteiger partial charge in [-0.3, -0.25) is 0 Å². The SMILES string of the molecule is CC(C)(C)OC(=O)NCC1CCCCN1c1ncc(Cl)cn1. The summed E-state index contributed by atoms with van der Waals surface area (Å²) in [5, 5.41) is 3.35. The molecule has 0 radical (unpaired) electrons. The van der Waals surface area contributed by atoms with Crippen LogP contribution in [0, 0.1) is 0 Å². The van der Waals surface area contributed by atoms with Crippen LogP contribution < -0.4 is 10.2 Å². The number of piperidine rings is 1. The summed E-state index contributed by atoms with van der Waals surface area (Å²) in [5.41, 5.74) is -0.490. The summed E-state index contributed by atoms with van der Waals surface area (Å²) < 4.78 is 5.27. The number of anilines is 1. The number of carbonyl (C=O) groups is 1. The number of aromatic nitrogens is 2. The second kappa shape index (κ2) is 7.13. The predicted octanol–water partition coefficient (Wildman–Crippen LogP) is 3.01. The van der Waals surface area contributed by atoms with Crippen molar-refractivity contribution in [2.45, 2.75) is 51.7 Å². The van der Waals surface area contributed by atoms with Crippen LogP contribution in [0.25, 0.3) is 0 Å². The molecule has 1 aliphatic heterocycles. The minimum absolute atomic E-state index is 0.169. The first-order chi connectivity index (χ1) is 10.3. The summed E-state index contributed by atoms with van der Waals surface area (Å²) in [6.07, 6.45) is 6.00. The second-order valence-corrected chi connectivity index (χ2v) is 6.86. The first-order valence-electron chi connectivity index (χ1n) is 7.56. The molecule has 1 unspecified atom stereocenters. The molecule has 22 heavy (non-hydrogen) atoms. The number of nitrogens with one attached hydrogen (secondary N) is 1. The molecule has 0 spiro atoms. The van der Waals surface area contributed by atoms with Crippen LogP contribution in [0.15, 0.2) is 12.4 Å². The molecule has 7 heteroatoms. The van der Waals surface area contributed by atoms with Gasteiger partial charge in [0.2, 0.25) is 5.95 Å². The fourth-order valence-corrected chi connectivity index (χ4v) is 2.54. The summed E-state index contributed by atoms with van der Waals surface area (Å²) in [6.45, 7) is 6.94. The van der Waals surface area contributed by atoms with E-state index in [9.17, 15) is 4.79 Å². The van der Waals surface area contributed by atoms with E-state index in [4.69, 9.17) is 16.3 Å². The number of nitrogens with zero attached hydrogens (tertiary/aromatic N) is 3. The van der Waals surface area contributed by atoms with Gasteiger partial charge in [-0.2, -0.15) is 0 Å². The Morgan fingerprint density at radius 1 is 1.41 bits per heavy atom. The van der Waals surface area contributed by atoms with Gasteiger partial charge in [-0.25, -0.2) is 14.8 Å². The molecular weight excluding hydrogens is 304 g/mol. The maximum Gasteiger partial charge on any atom is 0.407 e. The average molecular weight is 327 g/mol. The molecule has 1 atom stereocenters. The van der Waals surface area contributed by atoms with Gasteiger partial charge in [-0.05, 0) is 40.0 Å². The molecule has 2 heterocycles. The van der Waals surface area contributed by atoms with Crippen molar-refractivity contribution < 1.29 is 9.53 Å². The normalized spacial score (nSPS) is 18.9. The molecule has 0 saturated carbocycles. The van der Waals surface area contributed by atoms with Crippen molar-refractivity contribution in [3.05, 3.63) is 17.4 Å². The van der Waals surface area contributed by atoms with E-state index in [-0.39, 0.29) is 6.04 Å². The summed E-state index contributed by atoms with van der Waals surface area (Å²) in [5.74, 6) is 0.653. The number of halogens is 1. The van der Waals surface area contributed by atoms with Gasteiger partial charge in [0.1, 0.15) is 5.60 Å². The smallest absolute Gasteiger partial charge is 0.407 e. The lowest BCUT2D eigenvalue weighted by Crippen LogP contribution is -2.48. The Bertz CT molecular complexity index is 501. The van der Waals surface area contributed by atoms with E-state index >= 15 is 0 Å². The van der Waals surface area contributed by atoms with Crippen molar-refractivity contribution in [1.82, 2.24) is 15.3 Å². The van der Waals surface area contributed by atoms with Gasteiger partial charge in [0.15, 0.2) is 0 Å². The highest BCUT2D eigenvalue weighted by molar-refractivity contribution is 6.30. The number of hydrogen-bond donors (Lipinski definition) is 1. The lowest BCUT2D eigenvalue weighted by Gasteiger charge is -2.35. The Kier molecular flexibility index (Phi) is 5.45. The third-order valence-corrected chi connectivity index (χ3v) is 3.57. The fraction of sp³-hybridized carbons (Fsp3) is 0.667. The zero-order valence-electron chi connectivity index (χ0n) is 13.3. The van der Waals surface area contributed by atoms with Gasteiger partial charge in [-0.15, -0.1) is 0 Å². The number of hydrogen-bond acceptors (Lipinski definition) is 5. The molecule has 0 bridgehead atoms. The van der Waals surface area contributed by atoms with Crippen LogP contribution >= 0.6 is 11.6 Å². The number of ether oxygens (including phenoxy) is 1. The Morgan fingerprint density at radius 2 is 2.09 bits per heavy atom. The molecule has 1 fully saturated rings. The summed E-state index contributed by atoms with van der Waals surface area (Å²) in [6, 6.07) is 0.169. The topological polar surface area (TPSA) is 67.3 Å². The Hall–Kier alpha value is -1.56. The Labute approximate surface area is 136 Å². The van der Waals surface area contributed by atoms with Crippen LogP contribution in [-0.4, -0.2) is 40.8 Å². The van der Waals surface area contributed by atoms with E-state index in [1.165, 1.54) is 0 Å². The van der Waals surface area contributed by atoms with E-state index in [1.54, 1.807) is 12.4 Å². The minimum Gasteiger partial charge on any atom is -0.444 e. The summed E-state index contributed by atoms with van der Waals surface area (Å²) in [7, 11) is 0. The van der Waals surface area contributed by atoms with Gasteiger partial charge >= 0.3 is 6.09 Å². The monoisotopic (exact) mass is 326 g/mol. The van der Waals surface area contributed by atoms with Crippen molar-refractivity contribution in [3.63, 3.8) is 0 Å². The molecule has 122 valence electrons. The average Bonchev–Trinajstić information content (AvgIpc) is 2.45. The maximum atomic E-state index is 11.8. The third kappa shape index (κ3) is 5.02. The predicted molar refractivity (Wildman–Crippen MR) is 86.3 cm³/mol. The fourth-order valence-electron chi connectivity index (χ4n) is 2.45. The zero-order chi connectivity index (χ0) is 16.2. The molecule has 0 aliphatic carbocycles. The molecule has 0 aromatic carbocycles. The van der Waals surface area contributed by atoms with Crippen molar-refractivity contribution in [2.24, 2.45) is 0 Å². The van der Waals surface area contributed by atoms with E-state index in [2.05, 4.69) is 20.2 Å². The van der Waals surface area contributed by atoms with Crippen molar-refractivity contribution in [3.8, 4) is 0 Å². The molecular formula is C15H23ClN4O2. The van der Waals surface area contributed by atoms with Gasteiger partial charge in [-0.1, -0.05) is 11.6 Å². The number of amides is 1. The van der Waals surface area contributed by atoms with Crippen LogP contribution in [0.2, 0.25) is 5.02 Å². The van der Waals surface area contributed by atoms with Gasteiger partial charge in [0, 0.05) is 19.1 Å². The van der Waals surface area contributed by atoms with E-state index in [0.717, 1.165) is 25.8 Å². The van der Waals surface area contributed by atoms with Crippen LogP contribution in [0.3, 0.4) is 0 Å². The first kappa shape index (κ1) is 16.8. The summed E-state index contributed by atoms with van der Waals surface area (Å²) >= 11 is 5.83. The number of rotatable bonds is 3. The lowest BCUT2D eigenvalue weighted by molar-refractivity contribution is 0.0522. The molecule has 1 saturated heterocycles. The van der Waals surface area contributed by atoms with Crippen LogP contribution in [0.4, 0.5) is 10.7 Å². The van der Waals surface area contributed by atoms with Crippen LogP contribution in [-0.2, 0) is 4.74 Å². The highest BCUT2D eigenvalue weighted by atomic mass is 35.5. The molecule has 1 aromatic rings. The third-order valence-electron chi connectivity index (χ3n) is 3.37. The largest absolute Gasteiger partial charge is 0.444 e. The van der Waals surface area contributed by atoms with Gasteiger partial charge in [0.05, 0.1) is 17.4 Å². The van der Waals surface area contributed by atoms with Gasteiger partial charge in [0.25, 0.3) is 0 Å². The van der Waals surface area contributed by atoms with Crippen molar-refractivity contribution in [2.75, 3.05) is 18.0 Å². The lowest BCUT2D eigenvalue weighted by atomic mass is 10.0. The number of carbonyl (C=O) groups excluding carboxylic acids is 1. The van der Waals surface area contributed by atoms with Crippen molar-refractivity contribution in [1.29, 1.82) is 0 Å². The Morgan fingerprint density at radius 3 is 2.73 bits per heavy atom. The van der Waals surface area contributed by atoms with Crippen molar-refractivity contribution >= 4 is 23.6 Å². The highest BCUT2D eigenvalue weighted by Gasteiger charge is 2.25. The summed E-state index contributed by atoms with van der Waals surface area (Å²) in [4.78, 5) is 22.5.